The van der Waals surface area contributed by atoms with Gasteiger partial charge in [0, 0.05) is 9.85 Å². The number of ether oxygens (including phenoxy) is 1. The highest BCUT2D eigenvalue weighted by Gasteiger charge is 2.07. The first-order valence-electron chi connectivity index (χ1n) is 7.14. The van der Waals surface area contributed by atoms with Crippen molar-refractivity contribution < 1.29 is 18.3 Å². The first kappa shape index (κ1) is 17.9. The lowest BCUT2D eigenvalue weighted by Crippen LogP contribution is -1.94. The molecule has 1 aromatic carbocycles. The Labute approximate surface area is 160 Å². The maximum Gasteiger partial charge on any atom is 0.195 e. The summed E-state index contributed by atoms with van der Waals surface area (Å²) in [6.45, 7) is 0.144. The van der Waals surface area contributed by atoms with Crippen molar-refractivity contribution in [3.05, 3.63) is 79.6 Å². The maximum atomic E-state index is 13.0. The summed E-state index contributed by atoms with van der Waals surface area (Å²) in [7, 11) is 0. The molecule has 2 heterocycles. The summed E-state index contributed by atoms with van der Waals surface area (Å²) in [5, 5.41) is 2.05. The van der Waals surface area contributed by atoms with Gasteiger partial charge in [0.15, 0.2) is 5.78 Å². The van der Waals surface area contributed by atoms with Gasteiger partial charge < -0.3 is 9.15 Å². The van der Waals surface area contributed by atoms with Crippen LogP contribution in [0, 0.1) is 5.82 Å². The number of halogens is 3. The van der Waals surface area contributed by atoms with Gasteiger partial charge in [-0.15, -0.1) is 11.3 Å². The predicted octanol–water partition coefficient (Wildman–Crippen LogP) is 6.37. The molecule has 0 aliphatic heterocycles. The Morgan fingerprint density at radius 2 is 2.16 bits per heavy atom. The highest BCUT2D eigenvalue weighted by molar-refractivity contribution is 9.10. The Morgan fingerprint density at radius 3 is 2.88 bits per heavy atom. The molecule has 3 rings (SSSR count). The standard InChI is InChI=1S/C18H11BrClFO3S/c19-11-7-18(25-10-11)16(22)5-4-13-2-3-14(24-13)9-23-17-6-1-12(21)8-15(17)20/h1-8,10H,9H2/b5-4+. The average molecular weight is 442 g/mol. The van der Waals surface area contributed by atoms with E-state index < -0.39 is 5.82 Å². The smallest absolute Gasteiger partial charge is 0.195 e. The number of carbonyl (C=O) groups excluding carboxylic acids is 1. The summed E-state index contributed by atoms with van der Waals surface area (Å²) in [6.07, 6.45) is 3.06. The number of furan rings is 1. The van der Waals surface area contributed by atoms with Gasteiger partial charge in [0.25, 0.3) is 0 Å². The third-order valence-corrected chi connectivity index (χ3v) is 5.16. The van der Waals surface area contributed by atoms with Gasteiger partial charge >= 0.3 is 0 Å². The molecule has 0 amide bonds. The second-order valence-corrected chi connectivity index (χ2v) is 7.23. The van der Waals surface area contributed by atoms with Gasteiger partial charge in [-0.3, -0.25) is 4.79 Å². The van der Waals surface area contributed by atoms with E-state index in [2.05, 4.69) is 15.9 Å². The summed E-state index contributed by atoms with van der Waals surface area (Å²) in [6, 6.07) is 9.15. The van der Waals surface area contributed by atoms with E-state index in [1.54, 1.807) is 24.3 Å². The molecule has 7 heteroatoms. The number of allylic oxidation sites excluding steroid dienone is 1. The van der Waals surface area contributed by atoms with E-state index in [0.717, 1.165) is 4.47 Å². The number of carbonyl (C=O) groups is 1. The Morgan fingerprint density at radius 1 is 1.32 bits per heavy atom. The van der Waals surface area contributed by atoms with Crippen molar-refractivity contribution in [2.24, 2.45) is 0 Å². The number of ketones is 1. The van der Waals surface area contributed by atoms with Crippen LogP contribution in [0.25, 0.3) is 6.08 Å². The van der Waals surface area contributed by atoms with Crippen molar-refractivity contribution in [2.45, 2.75) is 6.61 Å². The molecule has 2 aromatic heterocycles. The second kappa shape index (κ2) is 7.99. The first-order chi connectivity index (χ1) is 12.0. The zero-order chi connectivity index (χ0) is 17.8. The quantitative estimate of drug-likeness (QED) is 0.329. The van der Waals surface area contributed by atoms with Crippen molar-refractivity contribution in [3.63, 3.8) is 0 Å². The van der Waals surface area contributed by atoms with Crippen LogP contribution in [-0.4, -0.2) is 5.78 Å². The number of hydrogen-bond acceptors (Lipinski definition) is 4. The van der Waals surface area contributed by atoms with E-state index in [-0.39, 0.29) is 17.4 Å². The third kappa shape index (κ3) is 4.81. The fraction of sp³-hybridized carbons (Fsp3) is 0.0556. The van der Waals surface area contributed by atoms with Crippen molar-refractivity contribution in [2.75, 3.05) is 0 Å². The minimum Gasteiger partial charge on any atom is -0.484 e. The minimum atomic E-state index is -0.426. The van der Waals surface area contributed by atoms with Crippen LogP contribution in [0.3, 0.4) is 0 Å². The average Bonchev–Trinajstić information content (AvgIpc) is 3.21. The normalized spacial score (nSPS) is 11.2. The van der Waals surface area contributed by atoms with Crippen LogP contribution < -0.4 is 4.74 Å². The molecule has 0 aliphatic rings. The molecule has 0 spiro atoms. The molecular formula is C18H11BrClFO3S. The topological polar surface area (TPSA) is 39.4 Å². The molecular weight excluding hydrogens is 431 g/mol. The second-order valence-electron chi connectivity index (χ2n) is 4.99. The fourth-order valence-electron chi connectivity index (χ4n) is 1.99. The fourth-order valence-corrected chi connectivity index (χ4v) is 3.55. The van der Waals surface area contributed by atoms with Crippen LogP contribution in [0.2, 0.25) is 5.02 Å². The molecule has 25 heavy (non-hydrogen) atoms. The summed E-state index contributed by atoms with van der Waals surface area (Å²) >= 11 is 10.6. The maximum absolute atomic E-state index is 13.0. The molecule has 0 aliphatic carbocycles. The number of thiophene rings is 1. The molecule has 0 radical (unpaired) electrons. The molecule has 0 N–H and O–H groups in total. The van der Waals surface area contributed by atoms with Crippen molar-refractivity contribution in [3.8, 4) is 5.75 Å². The monoisotopic (exact) mass is 440 g/mol. The van der Waals surface area contributed by atoms with E-state index in [1.807, 2.05) is 5.38 Å². The van der Waals surface area contributed by atoms with Crippen LogP contribution in [-0.2, 0) is 6.61 Å². The summed E-state index contributed by atoms with van der Waals surface area (Å²) < 4.78 is 24.9. The highest BCUT2D eigenvalue weighted by atomic mass is 79.9. The van der Waals surface area contributed by atoms with Gasteiger partial charge in [-0.2, -0.15) is 0 Å². The molecule has 3 aromatic rings. The molecule has 128 valence electrons. The van der Waals surface area contributed by atoms with Crippen LogP contribution >= 0.6 is 38.9 Å². The number of hydrogen-bond donors (Lipinski definition) is 0. The lowest BCUT2D eigenvalue weighted by molar-refractivity contribution is 0.105. The van der Waals surface area contributed by atoms with E-state index >= 15 is 0 Å². The van der Waals surface area contributed by atoms with Gasteiger partial charge in [-0.25, -0.2) is 4.39 Å². The van der Waals surface area contributed by atoms with Crippen LogP contribution in [0.1, 0.15) is 21.2 Å². The third-order valence-electron chi connectivity index (χ3n) is 3.16. The lowest BCUT2D eigenvalue weighted by atomic mass is 10.3. The highest BCUT2D eigenvalue weighted by Crippen LogP contribution is 2.26. The number of benzene rings is 1. The molecule has 0 saturated heterocycles. The van der Waals surface area contributed by atoms with E-state index in [0.29, 0.717) is 22.1 Å². The zero-order valence-electron chi connectivity index (χ0n) is 12.7. The van der Waals surface area contributed by atoms with Crippen molar-refractivity contribution in [1.29, 1.82) is 0 Å². The Hall–Kier alpha value is -1.89. The number of rotatable bonds is 6. The van der Waals surface area contributed by atoms with E-state index in [4.69, 9.17) is 20.8 Å². The summed E-state index contributed by atoms with van der Waals surface area (Å²) in [5.41, 5.74) is 0. The molecule has 0 unspecified atom stereocenters. The van der Waals surface area contributed by atoms with Crippen molar-refractivity contribution in [1.82, 2.24) is 0 Å². The predicted molar refractivity (Wildman–Crippen MR) is 99.8 cm³/mol. The van der Waals surface area contributed by atoms with Crippen LogP contribution in [0.15, 0.2) is 56.7 Å². The Balaban J connectivity index is 1.60. The summed E-state index contributed by atoms with van der Waals surface area (Å²) in [5.74, 6) is 0.947. The van der Waals surface area contributed by atoms with Crippen LogP contribution in [0.5, 0.6) is 5.75 Å². The molecule has 0 saturated carbocycles. The molecule has 0 fully saturated rings. The van der Waals surface area contributed by atoms with E-state index in [9.17, 15) is 9.18 Å². The zero-order valence-corrected chi connectivity index (χ0v) is 15.8. The van der Waals surface area contributed by atoms with Crippen LogP contribution in [0.4, 0.5) is 4.39 Å². The Kier molecular flexibility index (Phi) is 5.73. The van der Waals surface area contributed by atoms with Crippen molar-refractivity contribution >= 4 is 50.7 Å². The van der Waals surface area contributed by atoms with Gasteiger partial charge in [0.2, 0.25) is 0 Å². The largest absolute Gasteiger partial charge is 0.484 e. The first-order valence-corrected chi connectivity index (χ1v) is 9.19. The SMILES string of the molecule is O=C(/C=C/c1ccc(COc2ccc(F)cc2Cl)o1)c1cc(Br)cs1. The van der Waals surface area contributed by atoms with Gasteiger partial charge in [-0.05, 0) is 64.5 Å². The Bertz CT molecular complexity index is 932. The van der Waals surface area contributed by atoms with E-state index in [1.165, 1.54) is 35.6 Å². The van der Waals surface area contributed by atoms with Gasteiger partial charge in [0.05, 0.1) is 9.90 Å². The molecule has 0 atom stereocenters. The lowest BCUT2D eigenvalue weighted by Gasteiger charge is -2.05. The molecule has 0 bridgehead atoms. The minimum absolute atomic E-state index is 0.0944. The molecule has 3 nitrogen and oxygen atoms in total. The summed E-state index contributed by atoms with van der Waals surface area (Å²) in [4.78, 5) is 12.6. The van der Waals surface area contributed by atoms with Gasteiger partial charge in [0.1, 0.15) is 29.7 Å². The van der Waals surface area contributed by atoms with Gasteiger partial charge in [-0.1, -0.05) is 11.6 Å².